The lowest BCUT2D eigenvalue weighted by Gasteiger charge is -2.05. The summed E-state index contributed by atoms with van der Waals surface area (Å²) in [4.78, 5) is 8.38. The molecule has 0 atom stereocenters. The number of methoxy groups -OCH3 is 1. The van der Waals surface area contributed by atoms with Gasteiger partial charge >= 0.3 is 0 Å². The molecule has 0 aliphatic carbocycles. The molecule has 3 aromatic rings. The Morgan fingerprint density at radius 1 is 1.30 bits per heavy atom. The smallest absolute Gasteiger partial charge is 0.224 e. The predicted octanol–water partition coefficient (Wildman–Crippen LogP) is 2.17. The molecule has 2 heterocycles. The zero-order chi connectivity index (χ0) is 16.2. The van der Waals surface area contributed by atoms with Gasteiger partial charge in [0.1, 0.15) is 11.6 Å². The number of benzene rings is 1. The molecule has 0 unspecified atom stereocenters. The van der Waals surface area contributed by atoms with Gasteiger partial charge in [-0.25, -0.2) is 9.67 Å². The molecule has 0 saturated carbocycles. The first kappa shape index (κ1) is 14.8. The maximum Gasteiger partial charge on any atom is 0.224 e. The van der Waals surface area contributed by atoms with E-state index < -0.39 is 0 Å². The molecule has 0 saturated heterocycles. The summed E-state index contributed by atoms with van der Waals surface area (Å²) >= 11 is 0. The summed E-state index contributed by atoms with van der Waals surface area (Å²) in [5.41, 5.74) is 8.59. The molecular formula is C16H18N6O. The molecule has 3 rings (SSSR count). The Kier molecular flexibility index (Phi) is 4.09. The second-order valence-electron chi connectivity index (χ2n) is 5.11. The summed E-state index contributed by atoms with van der Waals surface area (Å²) in [7, 11) is 1.64. The van der Waals surface area contributed by atoms with Crippen molar-refractivity contribution in [3.8, 4) is 11.4 Å². The molecule has 0 aliphatic rings. The third kappa shape index (κ3) is 3.39. The fourth-order valence-electron chi connectivity index (χ4n) is 2.07. The minimum Gasteiger partial charge on any atom is -0.497 e. The van der Waals surface area contributed by atoms with Crippen LogP contribution >= 0.6 is 0 Å². The molecular weight excluding hydrogens is 292 g/mol. The fourth-order valence-corrected chi connectivity index (χ4v) is 2.07. The second-order valence-corrected chi connectivity index (χ2v) is 5.11. The Morgan fingerprint density at radius 2 is 2.17 bits per heavy atom. The number of nitrogens with two attached hydrogens (primary N) is 1. The van der Waals surface area contributed by atoms with Crippen LogP contribution in [0.25, 0.3) is 5.69 Å². The quantitative estimate of drug-likeness (QED) is 0.750. The van der Waals surface area contributed by atoms with E-state index in [0.29, 0.717) is 18.3 Å². The van der Waals surface area contributed by atoms with Crippen LogP contribution in [0.15, 0.2) is 42.9 Å². The summed E-state index contributed by atoms with van der Waals surface area (Å²) in [6, 6.07) is 7.72. The van der Waals surface area contributed by atoms with Crippen molar-refractivity contribution in [3.63, 3.8) is 0 Å². The van der Waals surface area contributed by atoms with Crippen LogP contribution in [-0.4, -0.2) is 26.9 Å². The van der Waals surface area contributed by atoms with Gasteiger partial charge in [-0.3, -0.25) is 0 Å². The molecule has 7 nitrogen and oxygen atoms in total. The maximum absolute atomic E-state index is 5.78. The molecule has 0 bridgehead atoms. The highest BCUT2D eigenvalue weighted by Gasteiger charge is 2.04. The van der Waals surface area contributed by atoms with E-state index in [0.717, 1.165) is 22.6 Å². The van der Waals surface area contributed by atoms with E-state index in [1.807, 2.05) is 37.4 Å². The van der Waals surface area contributed by atoms with Gasteiger partial charge in [-0.1, -0.05) is 6.07 Å². The molecule has 2 aromatic heterocycles. The number of ether oxygens (including phenoxy) is 1. The van der Waals surface area contributed by atoms with Crippen LogP contribution in [0.3, 0.4) is 0 Å². The first-order valence-corrected chi connectivity index (χ1v) is 7.16. The lowest BCUT2D eigenvalue weighted by Crippen LogP contribution is -2.05. The Morgan fingerprint density at radius 3 is 2.96 bits per heavy atom. The van der Waals surface area contributed by atoms with Gasteiger partial charge in [0.25, 0.3) is 0 Å². The first-order chi connectivity index (χ1) is 11.2. The topological polar surface area (TPSA) is 90.9 Å². The average molecular weight is 310 g/mol. The standard InChI is InChI=1S/C16H18N6O/c1-11-7-18-16(21-15(11)17)19-8-12-9-20-22(10-12)13-4-3-5-14(6-13)23-2/h3-7,9-10H,8H2,1-2H3,(H3,17,18,19,21). The van der Waals surface area contributed by atoms with Crippen LogP contribution in [-0.2, 0) is 6.54 Å². The van der Waals surface area contributed by atoms with Gasteiger partial charge in [-0.05, 0) is 19.1 Å². The van der Waals surface area contributed by atoms with Crippen molar-refractivity contribution in [1.82, 2.24) is 19.7 Å². The monoisotopic (exact) mass is 310 g/mol. The number of nitrogens with one attached hydrogen (secondary N) is 1. The van der Waals surface area contributed by atoms with Gasteiger partial charge < -0.3 is 15.8 Å². The number of anilines is 2. The number of aromatic nitrogens is 4. The van der Waals surface area contributed by atoms with Crippen molar-refractivity contribution in [2.24, 2.45) is 0 Å². The number of aryl methyl sites for hydroxylation is 1. The van der Waals surface area contributed by atoms with E-state index in [1.165, 1.54) is 0 Å². The number of nitrogens with zero attached hydrogens (tertiary/aromatic N) is 4. The van der Waals surface area contributed by atoms with Crippen molar-refractivity contribution in [2.45, 2.75) is 13.5 Å². The lowest BCUT2D eigenvalue weighted by atomic mass is 10.3. The summed E-state index contributed by atoms with van der Waals surface area (Å²) in [6.07, 6.45) is 5.44. The maximum atomic E-state index is 5.78. The predicted molar refractivity (Wildman–Crippen MR) is 88.6 cm³/mol. The van der Waals surface area contributed by atoms with Crippen LogP contribution < -0.4 is 15.8 Å². The van der Waals surface area contributed by atoms with E-state index in [9.17, 15) is 0 Å². The number of rotatable bonds is 5. The normalized spacial score (nSPS) is 10.5. The molecule has 1 aromatic carbocycles. The molecule has 0 radical (unpaired) electrons. The highest BCUT2D eigenvalue weighted by atomic mass is 16.5. The largest absolute Gasteiger partial charge is 0.497 e. The number of hydrogen-bond donors (Lipinski definition) is 2. The summed E-state index contributed by atoms with van der Waals surface area (Å²) in [6.45, 7) is 2.43. The van der Waals surface area contributed by atoms with Crippen molar-refractivity contribution < 1.29 is 4.74 Å². The Hall–Kier alpha value is -3.09. The van der Waals surface area contributed by atoms with E-state index in [1.54, 1.807) is 24.2 Å². The molecule has 23 heavy (non-hydrogen) atoms. The van der Waals surface area contributed by atoms with Crippen LogP contribution in [0.5, 0.6) is 5.75 Å². The van der Waals surface area contributed by atoms with Gasteiger partial charge in [-0.2, -0.15) is 10.1 Å². The third-order valence-electron chi connectivity index (χ3n) is 3.42. The second kappa shape index (κ2) is 6.35. The molecule has 0 aliphatic heterocycles. The molecule has 0 fully saturated rings. The van der Waals surface area contributed by atoms with Crippen LogP contribution in [0.4, 0.5) is 11.8 Å². The molecule has 7 heteroatoms. The molecule has 0 spiro atoms. The lowest BCUT2D eigenvalue weighted by molar-refractivity contribution is 0.414. The van der Waals surface area contributed by atoms with E-state index in [4.69, 9.17) is 10.5 Å². The molecule has 0 amide bonds. The van der Waals surface area contributed by atoms with Crippen LogP contribution in [0, 0.1) is 6.92 Å². The van der Waals surface area contributed by atoms with Gasteiger partial charge in [0, 0.05) is 36.1 Å². The SMILES string of the molecule is COc1cccc(-n2cc(CNc3ncc(C)c(N)n3)cn2)c1. The molecule has 118 valence electrons. The summed E-state index contributed by atoms with van der Waals surface area (Å²) in [5.74, 6) is 1.78. The average Bonchev–Trinajstić information content (AvgIpc) is 3.05. The minimum atomic E-state index is 0.481. The van der Waals surface area contributed by atoms with Gasteiger partial charge in [0.05, 0.1) is 19.0 Å². The highest BCUT2D eigenvalue weighted by Crippen LogP contribution is 2.16. The van der Waals surface area contributed by atoms with Crippen molar-refractivity contribution in [3.05, 3.63) is 54.0 Å². The van der Waals surface area contributed by atoms with Gasteiger partial charge in [0.2, 0.25) is 5.95 Å². The Bertz CT molecular complexity index is 814. The minimum absolute atomic E-state index is 0.481. The van der Waals surface area contributed by atoms with Gasteiger partial charge in [-0.15, -0.1) is 0 Å². The van der Waals surface area contributed by atoms with Crippen molar-refractivity contribution in [1.29, 1.82) is 0 Å². The van der Waals surface area contributed by atoms with E-state index in [2.05, 4.69) is 20.4 Å². The van der Waals surface area contributed by atoms with Crippen molar-refractivity contribution >= 4 is 11.8 Å². The number of nitrogen functional groups attached to an aromatic ring is 1. The molecule has 3 N–H and O–H groups in total. The summed E-state index contributed by atoms with van der Waals surface area (Å²) < 4.78 is 7.02. The zero-order valence-electron chi connectivity index (χ0n) is 13.0. The Balaban J connectivity index is 1.70. The van der Waals surface area contributed by atoms with Crippen LogP contribution in [0.1, 0.15) is 11.1 Å². The first-order valence-electron chi connectivity index (χ1n) is 7.16. The number of hydrogen-bond acceptors (Lipinski definition) is 6. The zero-order valence-corrected chi connectivity index (χ0v) is 13.0. The Labute approximate surface area is 134 Å². The van der Waals surface area contributed by atoms with Crippen LogP contribution in [0.2, 0.25) is 0 Å². The highest BCUT2D eigenvalue weighted by molar-refractivity contribution is 5.42. The summed E-state index contributed by atoms with van der Waals surface area (Å²) in [5, 5.41) is 7.50. The van der Waals surface area contributed by atoms with Crippen molar-refractivity contribution in [2.75, 3.05) is 18.2 Å². The van der Waals surface area contributed by atoms with E-state index >= 15 is 0 Å². The van der Waals surface area contributed by atoms with Gasteiger partial charge in [0.15, 0.2) is 0 Å². The fraction of sp³-hybridized carbons (Fsp3) is 0.188. The van der Waals surface area contributed by atoms with E-state index in [-0.39, 0.29) is 0 Å². The third-order valence-corrected chi connectivity index (χ3v) is 3.42.